The lowest BCUT2D eigenvalue weighted by molar-refractivity contribution is 0.0488. The summed E-state index contributed by atoms with van der Waals surface area (Å²) in [5.74, 6) is -0.722. The highest BCUT2D eigenvalue weighted by molar-refractivity contribution is 5.97. The second-order valence-electron chi connectivity index (χ2n) is 9.95. The molecule has 1 saturated heterocycles. The van der Waals surface area contributed by atoms with Crippen LogP contribution in [0, 0.1) is 11.2 Å². The summed E-state index contributed by atoms with van der Waals surface area (Å²) in [5, 5.41) is 3.08. The first-order chi connectivity index (χ1) is 18.9. The number of pyridine rings is 1. The van der Waals surface area contributed by atoms with Crippen molar-refractivity contribution in [2.75, 3.05) is 39.3 Å². The summed E-state index contributed by atoms with van der Waals surface area (Å²) in [5.41, 5.74) is 0.531. The Kier molecular flexibility index (Phi) is 7.85. The topological polar surface area (TPSA) is 118 Å². The number of aromatic nitrogens is 2. The maximum atomic E-state index is 13.3. The highest BCUT2D eigenvalue weighted by atomic mass is 19.1. The van der Waals surface area contributed by atoms with Crippen LogP contribution in [0.3, 0.4) is 0 Å². The van der Waals surface area contributed by atoms with Crippen LogP contribution in [0.25, 0.3) is 0 Å². The maximum Gasteiger partial charge on any atom is 0.275 e. The lowest BCUT2D eigenvalue weighted by Gasteiger charge is -2.43. The molecule has 1 N–H and O–H groups in total. The fraction of sp³-hybridized carbons (Fsp3) is 0.393. The third kappa shape index (κ3) is 6.08. The van der Waals surface area contributed by atoms with Crippen LogP contribution in [0.15, 0.2) is 59.7 Å². The number of nitrogens with one attached hydrogen (secondary N) is 1. The van der Waals surface area contributed by atoms with Gasteiger partial charge in [-0.3, -0.25) is 14.4 Å². The van der Waals surface area contributed by atoms with Crippen molar-refractivity contribution in [2.45, 2.75) is 25.7 Å². The normalized spacial score (nSPS) is 18.1. The monoisotopic (exact) mass is 535 g/mol. The van der Waals surface area contributed by atoms with E-state index in [0.717, 1.165) is 6.20 Å². The van der Waals surface area contributed by atoms with Gasteiger partial charge in [0, 0.05) is 32.7 Å². The molecule has 0 saturated carbocycles. The van der Waals surface area contributed by atoms with Crippen molar-refractivity contribution >= 4 is 17.7 Å². The van der Waals surface area contributed by atoms with Crippen molar-refractivity contribution < 1.29 is 27.9 Å². The molecule has 204 valence electrons. The van der Waals surface area contributed by atoms with E-state index in [9.17, 15) is 18.8 Å². The van der Waals surface area contributed by atoms with Gasteiger partial charge in [-0.15, -0.1) is 0 Å². The molecule has 3 aromatic rings. The van der Waals surface area contributed by atoms with Gasteiger partial charge in [0.25, 0.3) is 17.7 Å². The molecule has 10 nitrogen and oxygen atoms in total. The smallest absolute Gasteiger partial charge is 0.275 e. The van der Waals surface area contributed by atoms with Crippen molar-refractivity contribution in [2.24, 2.45) is 5.41 Å². The molecule has 1 fully saturated rings. The number of hydrogen-bond donors (Lipinski definition) is 1. The minimum absolute atomic E-state index is 0.191. The van der Waals surface area contributed by atoms with Crippen LogP contribution < -0.4 is 10.1 Å². The molecular formula is C28H30FN5O5. The van der Waals surface area contributed by atoms with Crippen LogP contribution in [-0.2, 0) is 0 Å². The SMILES string of the molecule is O=C1NCC2(CCN(C(=O)c3cocn3)CCCOc3ccccc31)CCN(C(=O)c1ccc(F)cn1)CC2. The summed E-state index contributed by atoms with van der Waals surface area (Å²) in [6.07, 6.45) is 6.02. The molecule has 1 spiro atoms. The van der Waals surface area contributed by atoms with Gasteiger partial charge >= 0.3 is 0 Å². The Hall–Kier alpha value is -4.28. The molecule has 0 atom stereocenters. The number of fused-ring (bicyclic) bond motifs is 1. The molecule has 0 aliphatic carbocycles. The van der Waals surface area contributed by atoms with Crippen molar-refractivity contribution in [1.29, 1.82) is 0 Å². The fourth-order valence-electron chi connectivity index (χ4n) is 5.11. The summed E-state index contributed by atoms with van der Waals surface area (Å²) in [6.45, 7) is 2.51. The molecule has 2 aromatic heterocycles. The number of piperidine rings is 1. The lowest BCUT2D eigenvalue weighted by atomic mass is 9.75. The number of nitrogens with zero attached hydrogens (tertiary/aromatic N) is 4. The first kappa shape index (κ1) is 26.3. The van der Waals surface area contributed by atoms with E-state index < -0.39 is 5.82 Å². The number of rotatable bonds is 2. The standard InChI is InChI=1S/C28H30FN5O5/c29-20-6-7-22(30-16-20)26(36)34-13-9-28(10-14-34)8-12-33(27(37)23-17-38-19-32-23)11-3-15-39-24-5-2-1-4-21(24)25(35)31-18-28/h1-2,4-7,16-17,19H,3,8-15,18H2,(H,31,35). The molecule has 2 aliphatic heterocycles. The van der Waals surface area contributed by atoms with Crippen molar-refractivity contribution in [3.63, 3.8) is 0 Å². The van der Waals surface area contributed by atoms with Crippen LogP contribution in [0.2, 0.25) is 0 Å². The second-order valence-corrected chi connectivity index (χ2v) is 9.95. The van der Waals surface area contributed by atoms with Gasteiger partial charge in [-0.1, -0.05) is 12.1 Å². The van der Waals surface area contributed by atoms with Gasteiger partial charge in [0.2, 0.25) is 0 Å². The number of halogens is 1. The Morgan fingerprint density at radius 3 is 2.33 bits per heavy atom. The van der Waals surface area contributed by atoms with Crippen LogP contribution >= 0.6 is 0 Å². The van der Waals surface area contributed by atoms with Gasteiger partial charge in [0.05, 0.1) is 18.4 Å². The third-order valence-electron chi connectivity index (χ3n) is 7.49. The predicted molar refractivity (Wildman–Crippen MR) is 138 cm³/mol. The number of likely N-dealkylation sites (tertiary alicyclic amines) is 1. The summed E-state index contributed by atoms with van der Waals surface area (Å²) in [4.78, 5) is 50.7. The molecule has 4 heterocycles. The lowest BCUT2D eigenvalue weighted by Crippen LogP contribution is -2.49. The van der Waals surface area contributed by atoms with Crippen LogP contribution in [-0.4, -0.2) is 76.8 Å². The van der Waals surface area contributed by atoms with E-state index in [1.54, 1.807) is 28.0 Å². The van der Waals surface area contributed by atoms with Gasteiger partial charge in [-0.2, -0.15) is 0 Å². The second kappa shape index (κ2) is 11.6. The summed E-state index contributed by atoms with van der Waals surface area (Å²) in [7, 11) is 0. The van der Waals surface area contributed by atoms with Crippen molar-refractivity contribution in [3.05, 3.63) is 78.0 Å². The number of para-hydroxylation sites is 1. The zero-order chi connectivity index (χ0) is 27.2. The van der Waals surface area contributed by atoms with Gasteiger partial charge in [-0.25, -0.2) is 14.4 Å². The quantitative estimate of drug-likeness (QED) is 0.536. The number of hydrogen-bond acceptors (Lipinski definition) is 7. The number of ether oxygens (including phenoxy) is 1. The van der Waals surface area contributed by atoms with Crippen LogP contribution in [0.4, 0.5) is 4.39 Å². The highest BCUT2D eigenvalue weighted by Crippen LogP contribution is 2.36. The molecule has 39 heavy (non-hydrogen) atoms. The molecule has 0 unspecified atom stereocenters. The summed E-state index contributed by atoms with van der Waals surface area (Å²) < 4.78 is 24.2. The van der Waals surface area contributed by atoms with Gasteiger partial charge in [0.15, 0.2) is 12.1 Å². The zero-order valence-corrected chi connectivity index (χ0v) is 21.5. The molecular weight excluding hydrogens is 505 g/mol. The average molecular weight is 536 g/mol. The molecule has 2 aliphatic rings. The first-order valence-corrected chi connectivity index (χ1v) is 13.0. The Labute approximate surface area is 225 Å². The minimum Gasteiger partial charge on any atom is -0.493 e. The highest BCUT2D eigenvalue weighted by Gasteiger charge is 2.38. The van der Waals surface area contributed by atoms with Crippen LogP contribution in [0.1, 0.15) is 57.0 Å². The third-order valence-corrected chi connectivity index (χ3v) is 7.49. The number of carbonyl (C=O) groups is 3. The van der Waals surface area contributed by atoms with Gasteiger partial charge in [0.1, 0.15) is 23.5 Å². The predicted octanol–water partition coefficient (Wildman–Crippen LogP) is 3.18. The molecule has 3 amide bonds. The zero-order valence-electron chi connectivity index (χ0n) is 21.5. The fourth-order valence-corrected chi connectivity index (χ4v) is 5.11. The number of amides is 3. The van der Waals surface area contributed by atoms with Gasteiger partial charge in [-0.05, 0) is 55.4 Å². The number of benzene rings is 1. The molecule has 0 radical (unpaired) electrons. The van der Waals surface area contributed by atoms with E-state index in [0.29, 0.717) is 76.3 Å². The number of carbonyl (C=O) groups excluding carboxylic acids is 3. The Morgan fingerprint density at radius 2 is 1.64 bits per heavy atom. The maximum absolute atomic E-state index is 13.3. The minimum atomic E-state index is -0.499. The van der Waals surface area contributed by atoms with E-state index >= 15 is 0 Å². The average Bonchev–Trinajstić information content (AvgIpc) is 3.51. The molecule has 0 bridgehead atoms. The molecule has 5 rings (SSSR count). The van der Waals surface area contributed by atoms with E-state index in [1.807, 2.05) is 6.07 Å². The Balaban J connectivity index is 1.36. The van der Waals surface area contributed by atoms with Gasteiger partial charge < -0.3 is 24.3 Å². The largest absolute Gasteiger partial charge is 0.493 e. The first-order valence-electron chi connectivity index (χ1n) is 13.0. The van der Waals surface area contributed by atoms with Crippen molar-refractivity contribution in [3.8, 4) is 5.75 Å². The Bertz CT molecular complexity index is 1310. The number of oxazole rings is 1. The molecule has 1 aromatic carbocycles. The Morgan fingerprint density at radius 1 is 0.923 bits per heavy atom. The van der Waals surface area contributed by atoms with E-state index in [-0.39, 0.29) is 34.5 Å². The van der Waals surface area contributed by atoms with Crippen molar-refractivity contribution in [1.82, 2.24) is 25.1 Å². The van der Waals surface area contributed by atoms with E-state index in [4.69, 9.17) is 9.15 Å². The van der Waals surface area contributed by atoms with E-state index in [1.165, 1.54) is 24.8 Å². The van der Waals surface area contributed by atoms with Crippen LogP contribution in [0.5, 0.6) is 5.75 Å². The molecule has 11 heteroatoms. The summed E-state index contributed by atoms with van der Waals surface area (Å²) in [6, 6.07) is 9.70. The van der Waals surface area contributed by atoms with E-state index in [2.05, 4.69) is 15.3 Å². The summed E-state index contributed by atoms with van der Waals surface area (Å²) >= 11 is 0.